The van der Waals surface area contributed by atoms with E-state index in [9.17, 15) is 32.9 Å². The van der Waals surface area contributed by atoms with E-state index in [0.29, 0.717) is 0 Å². The van der Waals surface area contributed by atoms with Crippen molar-refractivity contribution in [3.8, 4) is 0 Å². The van der Waals surface area contributed by atoms with Crippen molar-refractivity contribution in [1.29, 1.82) is 0 Å². The van der Waals surface area contributed by atoms with E-state index in [0.717, 1.165) is 38.5 Å². The fraction of sp³-hybridized carbons (Fsp3) is 0.250. The van der Waals surface area contributed by atoms with Crippen LogP contribution in [0.25, 0.3) is 0 Å². The molecule has 0 aliphatic heterocycles. The zero-order valence-electron chi connectivity index (χ0n) is 11.7. The first-order chi connectivity index (χ1) is 10.6. The monoisotopic (exact) mass is 353 g/mol. The minimum atomic E-state index is -4.99. The molecule has 0 fully saturated rings. The van der Waals surface area contributed by atoms with Gasteiger partial charge in [-0.05, 0) is 22.6 Å². The van der Waals surface area contributed by atoms with E-state index in [2.05, 4.69) is 9.47 Å². The van der Waals surface area contributed by atoms with Crippen LogP contribution in [0.2, 0.25) is 0 Å². The summed E-state index contributed by atoms with van der Waals surface area (Å²) in [5.41, 5.74) is -5.43. The smallest absolute Gasteiger partial charge is 0.442 e. The molecule has 0 aliphatic carbocycles. The van der Waals surface area contributed by atoms with Crippen molar-refractivity contribution < 1.29 is 37.2 Å². The molecule has 0 aliphatic rings. The Hall–Kier alpha value is -2.43. The van der Waals surface area contributed by atoms with Gasteiger partial charge in [0.1, 0.15) is 0 Å². The lowest BCUT2D eigenvalue weighted by Gasteiger charge is -2.17. The molecule has 0 aromatic heterocycles. The summed E-state index contributed by atoms with van der Waals surface area (Å²) in [5.74, 6) is -2.98. The van der Waals surface area contributed by atoms with Gasteiger partial charge in [-0.2, -0.15) is 13.2 Å². The molecule has 0 amide bonds. The second kappa shape index (κ2) is 7.22. The summed E-state index contributed by atoms with van der Waals surface area (Å²) in [6.07, 6.45) is 0. The minimum Gasteiger partial charge on any atom is -0.465 e. The Morgan fingerprint density at radius 1 is 1.09 bits per heavy atom. The largest absolute Gasteiger partial charge is 0.465 e. The molecule has 0 N–H and O–H groups in total. The van der Waals surface area contributed by atoms with Crippen molar-refractivity contribution >= 4 is 33.0 Å². The molecule has 0 radical (unpaired) electrons. The molecule has 0 bridgehead atoms. The Morgan fingerprint density at radius 2 is 1.52 bits per heavy atom. The molecule has 11 heteroatoms. The number of benzene rings is 1. The summed E-state index contributed by atoms with van der Waals surface area (Å²) in [4.78, 5) is 31.2. The van der Waals surface area contributed by atoms with Crippen molar-refractivity contribution in [3.63, 3.8) is 0 Å². The molecule has 1 atom stereocenters. The summed E-state index contributed by atoms with van der Waals surface area (Å²) in [5, 5.41) is 10.6. The molecule has 0 saturated heterocycles. The third-order valence-electron chi connectivity index (χ3n) is 2.46. The quantitative estimate of drug-likeness (QED) is 0.271. The Bertz CT molecular complexity index is 650. The molecule has 7 nitrogen and oxygen atoms in total. The number of halogens is 3. The minimum absolute atomic E-state index is 0.433. The average Bonchev–Trinajstić information content (AvgIpc) is 2.49. The number of non-ortho nitro benzene ring substituents is 1. The number of rotatable bonds is 4. The molecular formula is C12H10F3NO6S. The van der Waals surface area contributed by atoms with Crippen LogP contribution in [-0.2, 0) is 19.1 Å². The number of carbonyl (C=O) groups is 2. The number of hydrogen-bond acceptors (Lipinski definition) is 6. The van der Waals surface area contributed by atoms with E-state index in [1.54, 1.807) is 0 Å². The van der Waals surface area contributed by atoms with E-state index in [1.165, 1.54) is 0 Å². The fourth-order valence-corrected chi connectivity index (χ4v) is 3.15. The summed E-state index contributed by atoms with van der Waals surface area (Å²) in [7, 11) is -1.34. The van der Waals surface area contributed by atoms with Gasteiger partial charge in [0.25, 0.3) is 5.69 Å². The molecule has 1 unspecified atom stereocenters. The SMILES string of the molecule is COC(=O)C(C(=O)OC)=S(c1ccc([N+](=O)[O-])cc1)C(F)(F)F. The maximum Gasteiger partial charge on any atom is 0.442 e. The zero-order valence-corrected chi connectivity index (χ0v) is 12.6. The highest BCUT2D eigenvalue weighted by Gasteiger charge is 2.41. The molecule has 126 valence electrons. The van der Waals surface area contributed by atoms with Gasteiger partial charge in [0.05, 0.1) is 19.1 Å². The van der Waals surface area contributed by atoms with Gasteiger partial charge in [-0.1, -0.05) is 0 Å². The van der Waals surface area contributed by atoms with Crippen molar-refractivity contribution in [2.75, 3.05) is 14.2 Å². The number of nitrogens with zero attached hydrogens (tertiary/aromatic N) is 1. The van der Waals surface area contributed by atoms with E-state index in [4.69, 9.17) is 0 Å². The van der Waals surface area contributed by atoms with E-state index in [-0.39, 0.29) is 0 Å². The number of ether oxygens (including phenoxy) is 2. The van der Waals surface area contributed by atoms with Gasteiger partial charge >= 0.3 is 17.4 Å². The lowest BCUT2D eigenvalue weighted by Crippen LogP contribution is -2.29. The van der Waals surface area contributed by atoms with Crippen LogP contribution >= 0.6 is 10.5 Å². The highest BCUT2D eigenvalue weighted by Crippen LogP contribution is 2.45. The van der Waals surface area contributed by atoms with Crippen molar-refractivity contribution in [2.45, 2.75) is 10.4 Å². The molecule has 0 heterocycles. The first kappa shape index (κ1) is 18.6. The zero-order chi connectivity index (χ0) is 17.8. The third kappa shape index (κ3) is 4.28. The van der Waals surface area contributed by atoms with Crippen molar-refractivity contribution in [2.24, 2.45) is 0 Å². The van der Waals surface area contributed by atoms with Crippen LogP contribution in [0.3, 0.4) is 0 Å². The first-order valence-corrected chi connectivity index (χ1v) is 6.95. The predicted molar refractivity (Wildman–Crippen MR) is 74.0 cm³/mol. The molecule has 0 saturated carbocycles. The predicted octanol–water partition coefficient (Wildman–Crippen LogP) is 2.26. The summed E-state index contributed by atoms with van der Waals surface area (Å²) in [6, 6.07) is 3.32. The normalized spacial score (nSPS) is 12.2. The van der Waals surface area contributed by atoms with Gasteiger partial charge in [-0.3, -0.25) is 10.1 Å². The lowest BCUT2D eigenvalue weighted by atomic mass is 10.3. The van der Waals surface area contributed by atoms with E-state index < -0.39 is 48.3 Å². The lowest BCUT2D eigenvalue weighted by molar-refractivity contribution is -0.384. The highest BCUT2D eigenvalue weighted by molar-refractivity contribution is 8.18. The van der Waals surface area contributed by atoms with Crippen molar-refractivity contribution in [3.05, 3.63) is 34.4 Å². The molecule has 1 rings (SSSR count). The summed E-state index contributed by atoms with van der Waals surface area (Å²) < 4.78 is 48.5. The second-order valence-electron chi connectivity index (χ2n) is 3.82. The number of methoxy groups -OCH3 is 2. The Balaban J connectivity index is 3.66. The molecule has 1 aromatic rings. The molecular weight excluding hydrogens is 343 g/mol. The van der Waals surface area contributed by atoms with Crippen LogP contribution in [-0.4, -0.2) is 41.5 Å². The van der Waals surface area contributed by atoms with Gasteiger partial charge < -0.3 is 9.47 Å². The average molecular weight is 353 g/mol. The van der Waals surface area contributed by atoms with Gasteiger partial charge in [-0.15, -0.1) is 0 Å². The first-order valence-electron chi connectivity index (χ1n) is 5.72. The van der Waals surface area contributed by atoms with Gasteiger partial charge in [-0.25, -0.2) is 9.59 Å². The van der Waals surface area contributed by atoms with Crippen LogP contribution in [0.1, 0.15) is 0 Å². The maximum absolute atomic E-state index is 13.4. The Labute approximate surface area is 130 Å². The molecule has 0 spiro atoms. The van der Waals surface area contributed by atoms with Crippen LogP contribution in [0.15, 0.2) is 29.2 Å². The second-order valence-corrected chi connectivity index (χ2v) is 5.77. The third-order valence-corrected chi connectivity index (χ3v) is 4.41. The van der Waals surface area contributed by atoms with Gasteiger partial charge in [0.15, 0.2) is 4.86 Å². The van der Waals surface area contributed by atoms with Crippen molar-refractivity contribution in [1.82, 2.24) is 0 Å². The van der Waals surface area contributed by atoms with E-state index >= 15 is 0 Å². The number of nitro benzene ring substituents is 1. The Kier molecular flexibility index (Phi) is 5.85. The van der Waals surface area contributed by atoms with Gasteiger partial charge in [0, 0.05) is 17.0 Å². The number of carbonyl (C=O) groups excluding carboxylic acids is 2. The summed E-state index contributed by atoms with van der Waals surface area (Å²) in [6.45, 7) is 0. The van der Waals surface area contributed by atoms with Crippen LogP contribution < -0.4 is 0 Å². The highest BCUT2D eigenvalue weighted by atomic mass is 32.2. The standard InChI is InChI=1S/C12H10F3NO6S/c1-21-10(17)9(11(18)22-2)23(12(13,14)15)8-5-3-7(4-6-8)16(19)20/h3-6H,1-2H3. The van der Waals surface area contributed by atoms with E-state index in [1.807, 2.05) is 0 Å². The number of hydrogen-bond donors (Lipinski definition) is 0. The van der Waals surface area contributed by atoms with Crippen LogP contribution in [0.4, 0.5) is 18.9 Å². The Morgan fingerprint density at radius 3 is 1.83 bits per heavy atom. The van der Waals surface area contributed by atoms with Crippen LogP contribution in [0, 0.1) is 10.1 Å². The topological polar surface area (TPSA) is 95.7 Å². The number of nitro groups is 1. The summed E-state index contributed by atoms with van der Waals surface area (Å²) >= 11 is 0. The van der Waals surface area contributed by atoms with Crippen LogP contribution in [0.5, 0.6) is 0 Å². The molecule has 1 aromatic carbocycles. The number of alkyl halides is 3. The fourth-order valence-electron chi connectivity index (χ4n) is 1.51. The molecule has 23 heavy (non-hydrogen) atoms. The maximum atomic E-state index is 13.4. The van der Waals surface area contributed by atoms with Gasteiger partial charge in [0.2, 0.25) is 0 Å². The number of esters is 2.